The molecule has 2 aromatic rings. The van der Waals surface area contributed by atoms with Crippen LogP contribution < -0.4 is 14.8 Å². The number of nitrogens with one attached hydrogen (secondary N) is 2. The number of fused-ring (bicyclic) bond motifs is 1. The van der Waals surface area contributed by atoms with Gasteiger partial charge in [-0.2, -0.15) is 0 Å². The Morgan fingerprint density at radius 3 is 2.62 bits per heavy atom. The fourth-order valence-corrected chi connectivity index (χ4v) is 6.25. The van der Waals surface area contributed by atoms with E-state index in [0.29, 0.717) is 15.3 Å². The van der Waals surface area contributed by atoms with Gasteiger partial charge in [0, 0.05) is 28.9 Å². The smallest absolute Gasteiger partial charge is 0.404 e. The quantitative estimate of drug-likeness (QED) is 0.506. The fourth-order valence-electron chi connectivity index (χ4n) is 3.64. The van der Waals surface area contributed by atoms with Crippen molar-refractivity contribution in [2.24, 2.45) is 0 Å². The number of hydrogen-bond acceptors (Lipinski definition) is 7. The lowest BCUT2D eigenvalue weighted by atomic mass is 10.0. The molecule has 15 heteroatoms. The number of rotatable bonds is 6. The van der Waals surface area contributed by atoms with Crippen LogP contribution in [-0.2, 0) is 32.7 Å². The molecule has 0 spiro atoms. The predicted octanol–water partition coefficient (Wildman–Crippen LogP) is 2.65. The minimum atomic E-state index is -5.09. The van der Waals surface area contributed by atoms with E-state index in [2.05, 4.69) is 30.7 Å². The molecule has 2 N–H and O–H groups in total. The number of hydrogen-bond donors (Lipinski definition) is 2. The third-order valence-corrected chi connectivity index (χ3v) is 8.20. The van der Waals surface area contributed by atoms with Gasteiger partial charge in [0.25, 0.3) is 5.91 Å². The lowest BCUT2D eigenvalue weighted by molar-refractivity contribution is -0.275. The number of nitrogens with zero attached hydrogens (tertiary/aromatic N) is 1. The molecular weight excluding hydrogens is 567 g/mol. The maximum Gasteiger partial charge on any atom is 0.573 e. The van der Waals surface area contributed by atoms with Crippen molar-refractivity contribution in [3.8, 4) is 5.75 Å². The largest absolute Gasteiger partial charge is 0.573 e. The predicted molar refractivity (Wildman–Crippen MR) is 115 cm³/mol. The number of amides is 3. The number of piperidine rings is 1. The summed E-state index contributed by atoms with van der Waals surface area (Å²) in [4.78, 5) is 37.6. The molecule has 4 rings (SSSR count). The van der Waals surface area contributed by atoms with E-state index in [0.717, 1.165) is 23.5 Å². The summed E-state index contributed by atoms with van der Waals surface area (Å²) in [5.74, 6) is -2.23. The zero-order chi connectivity index (χ0) is 24.8. The molecular formula is C19H15BrF3N3O6S2. The monoisotopic (exact) mass is 581 g/mol. The third kappa shape index (κ3) is 5.11. The highest BCUT2D eigenvalue weighted by molar-refractivity contribution is 9.10. The first-order valence-electron chi connectivity index (χ1n) is 9.65. The van der Waals surface area contributed by atoms with Crippen molar-refractivity contribution in [2.75, 3.05) is 0 Å². The van der Waals surface area contributed by atoms with Crippen LogP contribution in [0.25, 0.3) is 0 Å². The van der Waals surface area contributed by atoms with Gasteiger partial charge >= 0.3 is 6.36 Å². The van der Waals surface area contributed by atoms with Gasteiger partial charge in [0.1, 0.15) is 10.9 Å². The van der Waals surface area contributed by atoms with Gasteiger partial charge in [0.15, 0.2) is 5.75 Å². The number of sulfonamides is 1. The Labute approximate surface area is 203 Å². The van der Waals surface area contributed by atoms with E-state index in [1.807, 2.05) is 0 Å². The first-order valence-corrected chi connectivity index (χ1v) is 12.7. The molecule has 3 amide bonds. The van der Waals surface area contributed by atoms with Crippen molar-refractivity contribution in [2.45, 2.75) is 43.2 Å². The summed E-state index contributed by atoms with van der Waals surface area (Å²) >= 11 is 4.00. The number of benzene rings is 1. The van der Waals surface area contributed by atoms with Crippen LogP contribution in [0.2, 0.25) is 0 Å². The summed E-state index contributed by atoms with van der Waals surface area (Å²) in [6, 6.07) is 3.96. The molecule has 1 atom stereocenters. The van der Waals surface area contributed by atoms with E-state index in [4.69, 9.17) is 0 Å². The van der Waals surface area contributed by atoms with Gasteiger partial charge in [0.2, 0.25) is 21.8 Å². The molecule has 1 unspecified atom stereocenters. The zero-order valence-corrected chi connectivity index (χ0v) is 20.2. The van der Waals surface area contributed by atoms with Crippen LogP contribution in [-0.4, -0.2) is 43.4 Å². The zero-order valence-electron chi connectivity index (χ0n) is 16.9. The van der Waals surface area contributed by atoms with Gasteiger partial charge in [-0.25, -0.2) is 13.1 Å². The van der Waals surface area contributed by atoms with E-state index in [-0.39, 0.29) is 30.4 Å². The van der Waals surface area contributed by atoms with Crippen LogP contribution in [0, 0.1) is 0 Å². The molecule has 1 saturated heterocycles. The molecule has 0 saturated carbocycles. The van der Waals surface area contributed by atoms with Crippen LogP contribution in [0.3, 0.4) is 0 Å². The number of imide groups is 1. The van der Waals surface area contributed by atoms with Gasteiger partial charge < -0.3 is 9.64 Å². The first kappa shape index (κ1) is 24.6. The minimum absolute atomic E-state index is 0.122. The van der Waals surface area contributed by atoms with E-state index >= 15 is 0 Å². The first-order chi connectivity index (χ1) is 15.8. The van der Waals surface area contributed by atoms with Crippen LogP contribution in [0.15, 0.2) is 33.6 Å². The van der Waals surface area contributed by atoms with Gasteiger partial charge in [-0.3, -0.25) is 19.7 Å². The van der Waals surface area contributed by atoms with E-state index in [1.54, 1.807) is 6.07 Å². The maximum atomic E-state index is 12.8. The minimum Gasteiger partial charge on any atom is -0.404 e. The lowest BCUT2D eigenvalue weighted by Crippen LogP contribution is -2.52. The molecule has 2 aliphatic rings. The second kappa shape index (κ2) is 8.94. The highest BCUT2D eigenvalue weighted by Gasteiger charge is 2.40. The Morgan fingerprint density at radius 2 is 1.97 bits per heavy atom. The Morgan fingerprint density at radius 1 is 1.24 bits per heavy atom. The van der Waals surface area contributed by atoms with Crippen LogP contribution in [0.5, 0.6) is 5.75 Å². The van der Waals surface area contributed by atoms with Crippen molar-refractivity contribution in [1.82, 2.24) is 14.9 Å². The SMILES string of the molecule is O=C1CCC(N2Cc3cc(CNS(=O)(=O)c4ccc(Br)cc4OC(F)(F)F)sc3C2=O)C(=O)N1. The van der Waals surface area contributed by atoms with Gasteiger partial charge in [-0.05, 0) is 36.2 Å². The molecule has 3 heterocycles. The van der Waals surface area contributed by atoms with Gasteiger partial charge in [-0.1, -0.05) is 15.9 Å². The number of thiophene rings is 1. The third-order valence-electron chi connectivity index (χ3n) is 5.10. The number of carbonyl (C=O) groups is 3. The van der Waals surface area contributed by atoms with Crippen molar-refractivity contribution in [1.29, 1.82) is 0 Å². The molecule has 0 bridgehead atoms. The molecule has 9 nitrogen and oxygen atoms in total. The summed E-state index contributed by atoms with van der Waals surface area (Å²) in [5.41, 5.74) is 0.596. The Kier molecular flexibility index (Phi) is 6.48. The number of alkyl halides is 3. The van der Waals surface area contributed by atoms with Crippen molar-refractivity contribution in [3.63, 3.8) is 0 Å². The number of ether oxygens (including phenoxy) is 1. The van der Waals surface area contributed by atoms with Gasteiger partial charge in [0.05, 0.1) is 4.88 Å². The fraction of sp³-hybridized carbons (Fsp3) is 0.316. The van der Waals surface area contributed by atoms with Crippen LogP contribution >= 0.6 is 27.3 Å². The second-order valence-electron chi connectivity index (χ2n) is 7.43. The molecule has 2 aliphatic heterocycles. The maximum absolute atomic E-state index is 12.8. The summed E-state index contributed by atoms with van der Waals surface area (Å²) in [5, 5.41) is 2.20. The summed E-state index contributed by atoms with van der Waals surface area (Å²) in [6.07, 6.45) is -4.75. The summed E-state index contributed by atoms with van der Waals surface area (Å²) in [7, 11) is -4.39. The molecule has 1 aromatic heterocycles. The average Bonchev–Trinajstić information content (AvgIpc) is 3.24. The van der Waals surface area contributed by atoms with E-state index in [1.165, 1.54) is 11.0 Å². The lowest BCUT2D eigenvalue weighted by Gasteiger charge is -2.29. The molecule has 1 fully saturated rings. The van der Waals surface area contributed by atoms with E-state index in [9.17, 15) is 36.0 Å². The van der Waals surface area contributed by atoms with Gasteiger partial charge in [-0.15, -0.1) is 24.5 Å². The normalized spacial score (nSPS) is 18.8. The molecule has 1 aromatic carbocycles. The highest BCUT2D eigenvalue weighted by Crippen LogP contribution is 2.35. The summed E-state index contributed by atoms with van der Waals surface area (Å²) < 4.78 is 69.7. The molecule has 182 valence electrons. The highest BCUT2D eigenvalue weighted by atomic mass is 79.9. The van der Waals surface area contributed by atoms with Crippen molar-refractivity contribution in [3.05, 3.63) is 44.1 Å². The van der Waals surface area contributed by atoms with Crippen LogP contribution in [0.4, 0.5) is 13.2 Å². The average molecular weight is 582 g/mol. The van der Waals surface area contributed by atoms with Crippen molar-refractivity contribution < 1.29 is 40.7 Å². The summed E-state index contributed by atoms with van der Waals surface area (Å²) in [6.45, 7) is -0.146. The standard InChI is InChI=1S/C19H15BrF3N3O6S2/c20-10-1-3-14(13(6-10)32-19(21,22)23)34(30,31)24-7-11-5-9-8-26(18(29)16(9)33-11)12-2-4-15(27)25-17(12)28/h1,3,5-6,12,24H,2,4,7-8H2,(H,25,27,28). The van der Waals surface area contributed by atoms with E-state index < -0.39 is 50.8 Å². The topological polar surface area (TPSA) is 122 Å². The molecule has 0 aliphatic carbocycles. The second-order valence-corrected chi connectivity index (χ2v) is 11.2. The number of carbonyl (C=O) groups excluding carboxylic acids is 3. The Balaban J connectivity index is 1.47. The number of halogens is 4. The Bertz CT molecular complexity index is 1290. The van der Waals surface area contributed by atoms with Crippen LogP contribution in [0.1, 0.15) is 33.0 Å². The molecule has 34 heavy (non-hydrogen) atoms. The Hall–Kier alpha value is -2.49. The van der Waals surface area contributed by atoms with Crippen molar-refractivity contribution >= 4 is 55.0 Å². The molecule has 0 radical (unpaired) electrons.